The summed E-state index contributed by atoms with van der Waals surface area (Å²) in [4.78, 5) is 0. The van der Waals surface area contributed by atoms with Crippen molar-refractivity contribution in [3.63, 3.8) is 0 Å². The van der Waals surface area contributed by atoms with Gasteiger partial charge in [-0.3, -0.25) is 0 Å². The van der Waals surface area contributed by atoms with E-state index in [1.54, 1.807) is 7.11 Å². The molecule has 2 nitrogen and oxygen atoms in total. The van der Waals surface area contributed by atoms with Crippen molar-refractivity contribution in [1.29, 1.82) is 0 Å². The number of fused-ring (bicyclic) bond motifs is 1. The number of hydrogen-bond donors (Lipinski definition) is 1. The minimum Gasteiger partial charge on any atom is -0.377 e. The molecule has 1 unspecified atom stereocenters. The number of methoxy groups -OCH3 is 1. The lowest BCUT2D eigenvalue weighted by Gasteiger charge is -2.31. The van der Waals surface area contributed by atoms with E-state index >= 15 is 0 Å². The molecule has 0 aliphatic rings. The second kappa shape index (κ2) is 4.47. The van der Waals surface area contributed by atoms with Crippen LogP contribution in [-0.4, -0.2) is 12.7 Å². The summed E-state index contributed by atoms with van der Waals surface area (Å²) in [5, 5.41) is 2.42. The molecule has 2 rings (SSSR count). The van der Waals surface area contributed by atoms with Crippen LogP contribution in [0, 0.1) is 0 Å². The minimum absolute atomic E-state index is 0.140. The molecule has 0 aliphatic heterocycles. The maximum Gasteiger partial charge on any atom is 0.0814 e. The maximum atomic E-state index is 6.32. The Hall–Kier alpha value is -1.38. The van der Waals surface area contributed by atoms with Crippen LogP contribution in [0.15, 0.2) is 42.5 Å². The zero-order chi connectivity index (χ0) is 12.5. The van der Waals surface area contributed by atoms with Crippen molar-refractivity contribution in [3.8, 4) is 0 Å². The zero-order valence-corrected chi connectivity index (χ0v) is 10.6. The van der Waals surface area contributed by atoms with Crippen LogP contribution in [0.5, 0.6) is 0 Å². The van der Waals surface area contributed by atoms with Crippen molar-refractivity contribution in [1.82, 2.24) is 0 Å². The van der Waals surface area contributed by atoms with Gasteiger partial charge in [0.15, 0.2) is 0 Å². The Morgan fingerprint density at radius 2 is 1.71 bits per heavy atom. The first kappa shape index (κ1) is 12.1. The van der Waals surface area contributed by atoms with E-state index in [0.717, 1.165) is 5.56 Å². The molecular formula is C15H19NO. The van der Waals surface area contributed by atoms with Crippen LogP contribution >= 0.6 is 0 Å². The Labute approximate surface area is 102 Å². The molecule has 0 saturated carbocycles. The molecule has 0 aromatic heterocycles. The predicted octanol–water partition coefficient (Wildman–Crippen LogP) is 3.26. The molecule has 0 saturated heterocycles. The molecule has 1 atom stereocenters. The van der Waals surface area contributed by atoms with Gasteiger partial charge in [0, 0.05) is 7.11 Å². The fourth-order valence-corrected chi connectivity index (χ4v) is 2.02. The number of nitrogens with two attached hydrogens (primary N) is 1. The Balaban J connectivity index is 2.56. The van der Waals surface area contributed by atoms with Gasteiger partial charge in [0.25, 0.3) is 0 Å². The Morgan fingerprint density at radius 1 is 1.06 bits per heavy atom. The quantitative estimate of drug-likeness (QED) is 0.876. The highest BCUT2D eigenvalue weighted by Crippen LogP contribution is 2.31. The van der Waals surface area contributed by atoms with Gasteiger partial charge in [-0.15, -0.1) is 0 Å². The van der Waals surface area contributed by atoms with E-state index in [4.69, 9.17) is 10.5 Å². The second-order valence-corrected chi connectivity index (χ2v) is 4.85. The third kappa shape index (κ3) is 2.19. The van der Waals surface area contributed by atoms with Gasteiger partial charge in [0.1, 0.15) is 0 Å². The molecule has 17 heavy (non-hydrogen) atoms. The van der Waals surface area contributed by atoms with Crippen LogP contribution < -0.4 is 5.73 Å². The smallest absolute Gasteiger partial charge is 0.0814 e. The van der Waals surface area contributed by atoms with Gasteiger partial charge < -0.3 is 10.5 Å². The van der Waals surface area contributed by atoms with E-state index in [-0.39, 0.29) is 11.6 Å². The van der Waals surface area contributed by atoms with Crippen molar-refractivity contribution >= 4 is 10.8 Å². The van der Waals surface area contributed by atoms with Crippen LogP contribution in [0.25, 0.3) is 10.8 Å². The Bertz CT molecular complexity index is 514. The first-order valence-corrected chi connectivity index (χ1v) is 5.84. The number of hydrogen-bond acceptors (Lipinski definition) is 2. The summed E-state index contributed by atoms with van der Waals surface area (Å²) >= 11 is 0. The molecule has 0 heterocycles. The summed E-state index contributed by atoms with van der Waals surface area (Å²) in [6, 6.07) is 14.4. The highest BCUT2D eigenvalue weighted by molar-refractivity contribution is 5.86. The van der Waals surface area contributed by atoms with Gasteiger partial charge in [-0.05, 0) is 30.2 Å². The minimum atomic E-state index is -0.371. The molecule has 2 heteroatoms. The van der Waals surface area contributed by atoms with Gasteiger partial charge in [-0.2, -0.15) is 0 Å². The third-order valence-electron chi connectivity index (χ3n) is 3.43. The number of rotatable bonds is 3. The summed E-state index contributed by atoms with van der Waals surface area (Å²) in [7, 11) is 1.70. The fourth-order valence-electron chi connectivity index (χ4n) is 2.02. The molecule has 2 aromatic carbocycles. The molecular weight excluding hydrogens is 210 g/mol. The summed E-state index contributed by atoms with van der Waals surface area (Å²) in [6.45, 7) is 4.03. The average molecular weight is 229 g/mol. The van der Waals surface area contributed by atoms with Crippen molar-refractivity contribution in [3.05, 3.63) is 48.0 Å². The monoisotopic (exact) mass is 229 g/mol. The van der Waals surface area contributed by atoms with Crippen molar-refractivity contribution in [2.75, 3.05) is 7.11 Å². The molecule has 90 valence electrons. The fraction of sp³-hybridized carbons (Fsp3) is 0.333. The lowest BCUT2D eigenvalue weighted by molar-refractivity contribution is 0.000326. The Kier molecular flexibility index (Phi) is 3.18. The van der Waals surface area contributed by atoms with Crippen LogP contribution in [0.1, 0.15) is 25.5 Å². The van der Waals surface area contributed by atoms with Gasteiger partial charge >= 0.3 is 0 Å². The van der Waals surface area contributed by atoms with Crippen LogP contribution in [0.2, 0.25) is 0 Å². The van der Waals surface area contributed by atoms with E-state index in [1.807, 2.05) is 32.0 Å². The molecule has 0 amide bonds. The summed E-state index contributed by atoms with van der Waals surface area (Å²) in [5.41, 5.74) is 7.09. The van der Waals surface area contributed by atoms with Gasteiger partial charge in [0.05, 0.1) is 11.6 Å². The van der Waals surface area contributed by atoms with Crippen LogP contribution in [-0.2, 0) is 4.74 Å². The lowest BCUT2D eigenvalue weighted by Crippen LogP contribution is -2.37. The largest absolute Gasteiger partial charge is 0.377 e. The molecule has 2 aromatic rings. The second-order valence-electron chi connectivity index (χ2n) is 4.85. The molecule has 2 N–H and O–H groups in total. The summed E-state index contributed by atoms with van der Waals surface area (Å²) < 4.78 is 5.48. The average Bonchev–Trinajstić information content (AvgIpc) is 2.37. The molecule has 0 spiro atoms. The van der Waals surface area contributed by atoms with Crippen molar-refractivity contribution in [2.24, 2.45) is 5.73 Å². The number of benzene rings is 2. The number of ether oxygens (including phenoxy) is 1. The summed E-state index contributed by atoms with van der Waals surface area (Å²) in [5.74, 6) is 0. The topological polar surface area (TPSA) is 35.2 Å². The first-order valence-electron chi connectivity index (χ1n) is 5.84. The first-order chi connectivity index (χ1) is 8.06. The van der Waals surface area contributed by atoms with Gasteiger partial charge in [-0.25, -0.2) is 0 Å². The van der Waals surface area contributed by atoms with E-state index in [9.17, 15) is 0 Å². The maximum absolute atomic E-state index is 6.32. The van der Waals surface area contributed by atoms with Crippen LogP contribution in [0.3, 0.4) is 0 Å². The molecule has 0 bridgehead atoms. The van der Waals surface area contributed by atoms with Gasteiger partial charge in [-0.1, -0.05) is 42.5 Å². The summed E-state index contributed by atoms with van der Waals surface area (Å²) in [6.07, 6.45) is 0. The molecule has 0 fully saturated rings. The molecule has 0 aliphatic carbocycles. The molecule has 0 radical (unpaired) electrons. The normalized spacial score (nSPS) is 13.9. The highest BCUT2D eigenvalue weighted by Gasteiger charge is 2.28. The lowest BCUT2D eigenvalue weighted by atomic mass is 9.89. The highest BCUT2D eigenvalue weighted by atomic mass is 16.5. The van der Waals surface area contributed by atoms with E-state index in [2.05, 4.69) is 24.3 Å². The standard InChI is InChI=1S/C15H19NO/c1-15(2,17-3)14(16)13-10-6-8-11-7-4-5-9-12(11)13/h4-10,14H,16H2,1-3H3. The van der Waals surface area contributed by atoms with Gasteiger partial charge in [0.2, 0.25) is 0 Å². The van der Waals surface area contributed by atoms with E-state index in [0.29, 0.717) is 0 Å². The van der Waals surface area contributed by atoms with Crippen LogP contribution in [0.4, 0.5) is 0 Å². The third-order valence-corrected chi connectivity index (χ3v) is 3.43. The Morgan fingerprint density at radius 3 is 2.41 bits per heavy atom. The zero-order valence-electron chi connectivity index (χ0n) is 10.6. The predicted molar refractivity (Wildman–Crippen MR) is 72.0 cm³/mol. The SMILES string of the molecule is COC(C)(C)C(N)c1cccc2ccccc12. The van der Waals surface area contributed by atoms with E-state index in [1.165, 1.54) is 10.8 Å². The van der Waals surface area contributed by atoms with Crippen molar-refractivity contribution in [2.45, 2.75) is 25.5 Å². The van der Waals surface area contributed by atoms with Crippen molar-refractivity contribution < 1.29 is 4.74 Å². The van der Waals surface area contributed by atoms with E-state index < -0.39 is 0 Å².